The Kier molecular flexibility index (Phi) is 5.78. The van der Waals surface area contributed by atoms with Crippen molar-refractivity contribution >= 4 is 43.4 Å². The van der Waals surface area contributed by atoms with Gasteiger partial charge in [-0.05, 0) is 64.0 Å². The average Bonchev–Trinajstić information content (AvgIpc) is 3.45. The van der Waals surface area contributed by atoms with E-state index in [4.69, 9.17) is 15.0 Å². The number of rotatable bonds is 4. The van der Waals surface area contributed by atoms with Gasteiger partial charge in [0.25, 0.3) is 0 Å². The molecule has 0 saturated carbocycles. The number of hydrogen-bond acceptors (Lipinski definition) is 3. The van der Waals surface area contributed by atoms with Gasteiger partial charge in [-0.15, -0.1) is 0 Å². The molecule has 0 saturated heterocycles. The summed E-state index contributed by atoms with van der Waals surface area (Å²) in [6, 6.07) is 55.0. The van der Waals surface area contributed by atoms with Gasteiger partial charge in [-0.3, -0.25) is 0 Å². The summed E-state index contributed by atoms with van der Waals surface area (Å²) in [6.45, 7) is 0. The van der Waals surface area contributed by atoms with Crippen molar-refractivity contribution in [2.75, 3.05) is 0 Å². The summed E-state index contributed by atoms with van der Waals surface area (Å²) in [5.41, 5.74) is 6.34. The smallest absolute Gasteiger partial charge is 0.164 e. The molecule has 0 atom stereocenters. The van der Waals surface area contributed by atoms with Crippen molar-refractivity contribution in [1.82, 2.24) is 19.5 Å². The molecule has 0 aliphatic rings. The van der Waals surface area contributed by atoms with E-state index in [2.05, 4.69) is 144 Å². The van der Waals surface area contributed by atoms with Gasteiger partial charge in [0.1, 0.15) is 0 Å². The van der Waals surface area contributed by atoms with Crippen molar-refractivity contribution in [3.05, 3.63) is 158 Å². The Morgan fingerprint density at radius 1 is 0.356 bits per heavy atom. The van der Waals surface area contributed by atoms with Crippen LogP contribution in [-0.2, 0) is 0 Å². The largest absolute Gasteiger partial charge is 0.309 e. The van der Waals surface area contributed by atoms with E-state index in [-0.39, 0.29) is 0 Å². The molecule has 4 nitrogen and oxygen atoms in total. The van der Waals surface area contributed by atoms with Crippen molar-refractivity contribution in [3.8, 4) is 39.9 Å². The molecule has 0 radical (unpaired) electrons. The highest BCUT2D eigenvalue weighted by atomic mass is 15.0. The molecule has 45 heavy (non-hydrogen) atoms. The topological polar surface area (TPSA) is 43.6 Å². The maximum Gasteiger partial charge on any atom is 0.164 e. The van der Waals surface area contributed by atoms with Crippen molar-refractivity contribution in [1.29, 1.82) is 0 Å². The van der Waals surface area contributed by atoms with Crippen LogP contribution < -0.4 is 0 Å². The molecule has 7 aromatic carbocycles. The van der Waals surface area contributed by atoms with Crippen LogP contribution in [0.25, 0.3) is 83.2 Å². The Balaban J connectivity index is 1.31. The first-order valence-corrected chi connectivity index (χ1v) is 15.1. The van der Waals surface area contributed by atoms with Gasteiger partial charge in [0.05, 0.1) is 11.0 Å². The minimum Gasteiger partial charge on any atom is -0.309 e. The molecule has 210 valence electrons. The van der Waals surface area contributed by atoms with Gasteiger partial charge < -0.3 is 4.57 Å². The first kappa shape index (κ1) is 25.4. The minimum atomic E-state index is 0.648. The number of fused-ring (bicyclic) bond motifs is 6. The summed E-state index contributed by atoms with van der Waals surface area (Å²) < 4.78 is 2.32. The lowest BCUT2D eigenvalue weighted by molar-refractivity contribution is 1.08. The van der Waals surface area contributed by atoms with Gasteiger partial charge in [-0.25, -0.2) is 15.0 Å². The summed E-state index contributed by atoms with van der Waals surface area (Å²) >= 11 is 0. The maximum atomic E-state index is 5.18. The molecule has 0 unspecified atom stereocenters. The Labute approximate surface area is 259 Å². The second-order valence-corrected chi connectivity index (χ2v) is 11.3. The number of benzene rings is 7. The van der Waals surface area contributed by atoms with E-state index in [0.29, 0.717) is 17.5 Å². The summed E-state index contributed by atoms with van der Waals surface area (Å²) in [5, 5.41) is 7.03. The molecular weight excluding hydrogens is 548 g/mol. The van der Waals surface area contributed by atoms with E-state index in [0.717, 1.165) is 44.1 Å². The molecule has 2 aromatic heterocycles. The third-order valence-corrected chi connectivity index (χ3v) is 8.62. The fourth-order valence-electron chi connectivity index (χ4n) is 6.55. The first-order valence-electron chi connectivity index (χ1n) is 15.1. The normalized spacial score (nSPS) is 11.6. The molecule has 0 N–H and O–H groups in total. The van der Waals surface area contributed by atoms with E-state index in [1.807, 2.05) is 18.2 Å². The van der Waals surface area contributed by atoms with Gasteiger partial charge in [0.2, 0.25) is 0 Å². The van der Waals surface area contributed by atoms with Crippen LogP contribution in [0.15, 0.2) is 158 Å². The van der Waals surface area contributed by atoms with Crippen molar-refractivity contribution < 1.29 is 0 Å². The second kappa shape index (κ2) is 10.2. The van der Waals surface area contributed by atoms with Crippen molar-refractivity contribution in [2.45, 2.75) is 0 Å². The highest BCUT2D eigenvalue weighted by molar-refractivity contribution is 6.13. The number of aromatic nitrogens is 4. The average molecular weight is 575 g/mol. The molecule has 9 aromatic rings. The number of nitrogens with zero attached hydrogens (tertiary/aromatic N) is 4. The fraction of sp³-hybridized carbons (Fsp3) is 0. The quantitative estimate of drug-likeness (QED) is 0.196. The summed E-state index contributed by atoms with van der Waals surface area (Å²) in [4.78, 5) is 15.3. The fourth-order valence-corrected chi connectivity index (χ4v) is 6.55. The standard InChI is InChI=1S/C41H26N4/c1-3-13-27(14-4-1)39-42-40(44-41(43-39)36-25-28-15-7-8-18-31(28)32-19-9-10-20-33(32)36)29-23-24-38-35(26-29)34-21-11-12-22-37(34)45(38)30-16-5-2-6-17-30/h1-26H. The molecule has 0 bridgehead atoms. The third kappa shape index (κ3) is 4.19. The summed E-state index contributed by atoms with van der Waals surface area (Å²) in [6.07, 6.45) is 0. The molecule has 9 rings (SSSR count). The van der Waals surface area contributed by atoms with Crippen molar-refractivity contribution in [3.63, 3.8) is 0 Å². The molecule has 0 amide bonds. The van der Waals surface area contributed by atoms with E-state index in [1.165, 1.54) is 21.7 Å². The van der Waals surface area contributed by atoms with E-state index in [1.54, 1.807) is 0 Å². The summed E-state index contributed by atoms with van der Waals surface area (Å²) in [5.74, 6) is 1.96. The monoisotopic (exact) mass is 574 g/mol. The highest BCUT2D eigenvalue weighted by Crippen LogP contribution is 2.37. The molecule has 0 spiro atoms. The van der Waals surface area contributed by atoms with E-state index in [9.17, 15) is 0 Å². The molecule has 0 aliphatic carbocycles. The van der Waals surface area contributed by atoms with Crippen molar-refractivity contribution in [2.24, 2.45) is 0 Å². The Bertz CT molecular complexity index is 2530. The lowest BCUT2D eigenvalue weighted by atomic mass is 9.97. The van der Waals surface area contributed by atoms with Gasteiger partial charge >= 0.3 is 0 Å². The highest BCUT2D eigenvalue weighted by Gasteiger charge is 2.18. The van der Waals surface area contributed by atoms with Crippen LogP contribution in [0.2, 0.25) is 0 Å². The van der Waals surface area contributed by atoms with Crippen LogP contribution in [0.1, 0.15) is 0 Å². The maximum absolute atomic E-state index is 5.18. The lowest BCUT2D eigenvalue weighted by Gasteiger charge is -2.12. The second-order valence-electron chi connectivity index (χ2n) is 11.3. The zero-order valence-electron chi connectivity index (χ0n) is 24.3. The van der Waals surface area contributed by atoms with Crippen LogP contribution in [0, 0.1) is 0 Å². The predicted octanol–water partition coefficient (Wildman–Crippen LogP) is 10.3. The third-order valence-electron chi connectivity index (χ3n) is 8.62. The zero-order chi connectivity index (χ0) is 29.7. The van der Waals surface area contributed by atoms with Crippen LogP contribution in [-0.4, -0.2) is 19.5 Å². The van der Waals surface area contributed by atoms with Crippen LogP contribution >= 0.6 is 0 Å². The van der Waals surface area contributed by atoms with Gasteiger partial charge in [0.15, 0.2) is 17.5 Å². The van der Waals surface area contributed by atoms with Crippen LogP contribution in [0.4, 0.5) is 0 Å². The zero-order valence-corrected chi connectivity index (χ0v) is 24.3. The van der Waals surface area contributed by atoms with Crippen LogP contribution in [0.3, 0.4) is 0 Å². The minimum absolute atomic E-state index is 0.648. The first-order chi connectivity index (χ1) is 22.3. The SMILES string of the molecule is c1ccc(-c2nc(-c3ccc4c(c3)c3ccccc3n4-c3ccccc3)nc(-c3cc4ccccc4c4ccccc34)n2)cc1. The predicted molar refractivity (Wildman–Crippen MR) is 185 cm³/mol. The van der Waals surface area contributed by atoms with Gasteiger partial charge in [-0.1, -0.05) is 115 Å². The summed E-state index contributed by atoms with van der Waals surface area (Å²) in [7, 11) is 0. The Morgan fingerprint density at radius 2 is 0.933 bits per heavy atom. The molecule has 4 heteroatoms. The van der Waals surface area contributed by atoms with Crippen LogP contribution in [0.5, 0.6) is 0 Å². The van der Waals surface area contributed by atoms with Gasteiger partial charge in [0, 0.05) is 33.2 Å². The van der Waals surface area contributed by atoms with E-state index < -0.39 is 0 Å². The molecule has 0 fully saturated rings. The molecule has 0 aliphatic heterocycles. The number of hydrogen-bond donors (Lipinski definition) is 0. The molecule has 2 heterocycles. The Hall–Kier alpha value is -6.13. The number of para-hydroxylation sites is 2. The Morgan fingerprint density at radius 3 is 1.73 bits per heavy atom. The molecular formula is C41H26N4. The van der Waals surface area contributed by atoms with E-state index >= 15 is 0 Å². The lowest BCUT2D eigenvalue weighted by Crippen LogP contribution is -2.01. The van der Waals surface area contributed by atoms with Gasteiger partial charge in [-0.2, -0.15) is 0 Å².